The number of carbonyl (C=O) groups is 1. The number of fused-ring (bicyclic) bond motifs is 1. The van der Waals surface area contributed by atoms with Gasteiger partial charge in [0.15, 0.2) is 0 Å². The standard InChI is InChI=1S/C24H30N4O3/c1-4-11-28-22-8-6-5-7-21(22)26-24(28)27-12-9-18(10-13-27)25-23(29)17-14-19(30-2)16-20(15-17)31-3/h5-8,14-16,18H,4,9-13H2,1-3H3,(H,25,29). The number of aromatic nitrogens is 2. The second-order valence-electron chi connectivity index (χ2n) is 7.89. The van der Waals surface area contributed by atoms with Crippen LogP contribution in [-0.2, 0) is 6.54 Å². The maximum Gasteiger partial charge on any atom is 0.251 e. The van der Waals surface area contributed by atoms with E-state index in [0.717, 1.165) is 50.4 Å². The van der Waals surface area contributed by atoms with Crippen LogP contribution in [-0.4, -0.2) is 48.8 Å². The van der Waals surface area contributed by atoms with Crippen LogP contribution in [0.1, 0.15) is 36.5 Å². The minimum atomic E-state index is -0.103. The molecule has 164 valence electrons. The van der Waals surface area contributed by atoms with E-state index in [4.69, 9.17) is 14.5 Å². The Morgan fingerprint density at radius 3 is 2.42 bits per heavy atom. The summed E-state index contributed by atoms with van der Waals surface area (Å²) in [6.07, 6.45) is 2.81. The van der Waals surface area contributed by atoms with Crippen molar-refractivity contribution >= 4 is 22.9 Å². The second-order valence-corrected chi connectivity index (χ2v) is 7.89. The SMILES string of the molecule is CCCn1c(N2CCC(NC(=O)c3cc(OC)cc(OC)c3)CC2)nc2ccccc21. The van der Waals surface area contributed by atoms with E-state index in [-0.39, 0.29) is 11.9 Å². The molecular formula is C24H30N4O3. The van der Waals surface area contributed by atoms with Gasteiger partial charge in [0.25, 0.3) is 5.91 Å². The van der Waals surface area contributed by atoms with E-state index in [1.807, 2.05) is 6.07 Å². The number of aryl methyl sites for hydroxylation is 1. The molecule has 1 aliphatic rings. The lowest BCUT2D eigenvalue weighted by Crippen LogP contribution is -2.45. The summed E-state index contributed by atoms with van der Waals surface area (Å²) < 4.78 is 12.9. The van der Waals surface area contributed by atoms with Crippen LogP contribution >= 0.6 is 0 Å². The molecule has 0 saturated carbocycles. The van der Waals surface area contributed by atoms with Gasteiger partial charge >= 0.3 is 0 Å². The molecule has 31 heavy (non-hydrogen) atoms. The first-order valence-electron chi connectivity index (χ1n) is 10.9. The number of anilines is 1. The van der Waals surface area contributed by atoms with Gasteiger partial charge in [-0.2, -0.15) is 0 Å². The van der Waals surface area contributed by atoms with Crippen LogP contribution in [0.5, 0.6) is 11.5 Å². The van der Waals surface area contributed by atoms with E-state index in [2.05, 4.69) is 39.9 Å². The number of nitrogens with zero attached hydrogens (tertiary/aromatic N) is 3. The van der Waals surface area contributed by atoms with E-state index >= 15 is 0 Å². The van der Waals surface area contributed by atoms with Crippen LogP contribution in [0.4, 0.5) is 5.95 Å². The first-order chi connectivity index (χ1) is 15.1. The van der Waals surface area contributed by atoms with E-state index in [1.54, 1.807) is 32.4 Å². The zero-order chi connectivity index (χ0) is 21.8. The first kappa shape index (κ1) is 21.0. The quantitative estimate of drug-likeness (QED) is 0.626. The molecule has 2 heterocycles. The lowest BCUT2D eigenvalue weighted by atomic mass is 10.0. The number of piperidine rings is 1. The van der Waals surface area contributed by atoms with Crippen molar-refractivity contribution in [2.24, 2.45) is 0 Å². The summed E-state index contributed by atoms with van der Waals surface area (Å²) in [5.41, 5.74) is 2.76. The molecule has 0 unspecified atom stereocenters. The summed E-state index contributed by atoms with van der Waals surface area (Å²) in [4.78, 5) is 20.0. The number of amides is 1. The van der Waals surface area contributed by atoms with Crippen molar-refractivity contribution in [2.45, 2.75) is 38.8 Å². The third kappa shape index (κ3) is 4.45. The molecule has 1 aliphatic heterocycles. The van der Waals surface area contributed by atoms with Crippen molar-refractivity contribution in [1.82, 2.24) is 14.9 Å². The number of benzene rings is 2. The Balaban J connectivity index is 1.43. The Hall–Kier alpha value is -3.22. The van der Waals surface area contributed by atoms with E-state index < -0.39 is 0 Å². The normalized spacial score (nSPS) is 14.6. The maximum atomic E-state index is 12.8. The Morgan fingerprint density at radius 1 is 1.10 bits per heavy atom. The second kappa shape index (κ2) is 9.29. The Bertz CT molecular complexity index is 1030. The van der Waals surface area contributed by atoms with Crippen molar-refractivity contribution in [2.75, 3.05) is 32.2 Å². The van der Waals surface area contributed by atoms with Gasteiger partial charge in [0.1, 0.15) is 11.5 Å². The number of nitrogens with one attached hydrogen (secondary N) is 1. The first-order valence-corrected chi connectivity index (χ1v) is 10.9. The Kier molecular flexibility index (Phi) is 6.30. The van der Waals surface area contributed by atoms with Crippen LogP contribution in [0.3, 0.4) is 0 Å². The summed E-state index contributed by atoms with van der Waals surface area (Å²) in [5, 5.41) is 3.17. The van der Waals surface area contributed by atoms with Gasteiger partial charge in [-0.25, -0.2) is 4.98 Å². The molecule has 0 atom stereocenters. The molecule has 1 amide bonds. The molecule has 1 N–H and O–H groups in total. The molecule has 0 spiro atoms. The molecule has 7 heteroatoms. The van der Waals surface area contributed by atoms with Gasteiger partial charge in [0.05, 0.1) is 25.3 Å². The monoisotopic (exact) mass is 422 g/mol. The van der Waals surface area contributed by atoms with Gasteiger partial charge in [-0.1, -0.05) is 19.1 Å². The maximum absolute atomic E-state index is 12.8. The number of hydrogen-bond acceptors (Lipinski definition) is 5. The molecule has 1 saturated heterocycles. The van der Waals surface area contributed by atoms with Crippen LogP contribution in [0, 0.1) is 0 Å². The van der Waals surface area contributed by atoms with Gasteiger partial charge < -0.3 is 24.3 Å². The highest BCUT2D eigenvalue weighted by atomic mass is 16.5. The molecule has 2 aromatic carbocycles. The Labute approximate surface area is 183 Å². The fourth-order valence-electron chi connectivity index (χ4n) is 4.18. The molecular weight excluding hydrogens is 392 g/mol. The van der Waals surface area contributed by atoms with E-state index in [9.17, 15) is 4.79 Å². The average Bonchev–Trinajstić information content (AvgIpc) is 3.18. The molecule has 0 aliphatic carbocycles. The minimum Gasteiger partial charge on any atom is -0.497 e. The minimum absolute atomic E-state index is 0.103. The summed E-state index contributed by atoms with van der Waals surface area (Å²) in [6, 6.07) is 13.7. The fraction of sp³-hybridized carbons (Fsp3) is 0.417. The van der Waals surface area contributed by atoms with Crippen LogP contribution in [0.25, 0.3) is 11.0 Å². The van der Waals surface area contributed by atoms with Gasteiger partial charge in [-0.3, -0.25) is 4.79 Å². The smallest absolute Gasteiger partial charge is 0.251 e. The number of ether oxygens (including phenoxy) is 2. The highest BCUT2D eigenvalue weighted by Gasteiger charge is 2.25. The van der Waals surface area contributed by atoms with Crippen molar-refractivity contribution in [3.63, 3.8) is 0 Å². The van der Waals surface area contributed by atoms with Gasteiger partial charge in [0.2, 0.25) is 5.95 Å². The van der Waals surface area contributed by atoms with E-state index in [1.165, 1.54) is 5.52 Å². The lowest BCUT2D eigenvalue weighted by Gasteiger charge is -2.33. The van der Waals surface area contributed by atoms with Crippen molar-refractivity contribution in [1.29, 1.82) is 0 Å². The van der Waals surface area contributed by atoms with Crippen LogP contribution in [0.2, 0.25) is 0 Å². The van der Waals surface area contributed by atoms with Crippen molar-refractivity contribution < 1.29 is 14.3 Å². The number of para-hydroxylation sites is 2. The number of imidazole rings is 1. The molecule has 1 aromatic heterocycles. The van der Waals surface area contributed by atoms with Crippen molar-refractivity contribution in [3.8, 4) is 11.5 Å². The molecule has 4 rings (SSSR count). The molecule has 0 bridgehead atoms. The number of rotatable bonds is 7. The summed E-state index contributed by atoms with van der Waals surface area (Å²) >= 11 is 0. The van der Waals surface area contributed by atoms with Crippen LogP contribution in [0.15, 0.2) is 42.5 Å². The molecule has 1 fully saturated rings. The predicted molar refractivity (Wildman–Crippen MR) is 122 cm³/mol. The van der Waals surface area contributed by atoms with Crippen LogP contribution < -0.4 is 19.7 Å². The Morgan fingerprint density at radius 2 is 1.77 bits per heavy atom. The average molecular weight is 423 g/mol. The van der Waals surface area contributed by atoms with Crippen molar-refractivity contribution in [3.05, 3.63) is 48.0 Å². The largest absolute Gasteiger partial charge is 0.497 e. The zero-order valence-corrected chi connectivity index (χ0v) is 18.4. The topological polar surface area (TPSA) is 68.6 Å². The lowest BCUT2D eigenvalue weighted by molar-refractivity contribution is 0.0930. The number of hydrogen-bond donors (Lipinski definition) is 1. The third-order valence-electron chi connectivity index (χ3n) is 5.81. The predicted octanol–water partition coefficient (Wildman–Crippen LogP) is 3.86. The summed E-state index contributed by atoms with van der Waals surface area (Å²) in [6.45, 7) is 4.86. The number of carbonyl (C=O) groups excluding carboxylic acids is 1. The fourth-order valence-corrected chi connectivity index (χ4v) is 4.18. The highest BCUT2D eigenvalue weighted by Crippen LogP contribution is 2.26. The summed E-state index contributed by atoms with van der Waals surface area (Å²) in [7, 11) is 3.16. The number of methoxy groups -OCH3 is 2. The molecule has 0 radical (unpaired) electrons. The van der Waals surface area contributed by atoms with Gasteiger partial charge in [0, 0.05) is 37.3 Å². The van der Waals surface area contributed by atoms with Gasteiger partial charge in [-0.15, -0.1) is 0 Å². The highest BCUT2D eigenvalue weighted by molar-refractivity contribution is 5.95. The molecule has 3 aromatic rings. The summed E-state index contributed by atoms with van der Waals surface area (Å²) in [5.74, 6) is 2.14. The molecule has 7 nitrogen and oxygen atoms in total. The zero-order valence-electron chi connectivity index (χ0n) is 18.4. The third-order valence-corrected chi connectivity index (χ3v) is 5.81. The van der Waals surface area contributed by atoms with Gasteiger partial charge in [-0.05, 0) is 43.5 Å². The van der Waals surface area contributed by atoms with E-state index in [0.29, 0.717) is 17.1 Å².